The van der Waals surface area contributed by atoms with Gasteiger partial charge in [-0.3, -0.25) is 4.79 Å². The predicted octanol–water partition coefficient (Wildman–Crippen LogP) is 4.46. The maximum atomic E-state index is 12.0. The van der Waals surface area contributed by atoms with Gasteiger partial charge in [0.15, 0.2) is 0 Å². The summed E-state index contributed by atoms with van der Waals surface area (Å²) in [6.45, 7) is 0. The number of carbonyl (C=O) groups excluding carboxylic acids is 1. The Bertz CT molecular complexity index is 566. The fraction of sp³-hybridized carbons (Fsp3) is 0.133. The molecule has 18 heavy (non-hydrogen) atoms. The van der Waals surface area contributed by atoms with E-state index in [1.807, 2.05) is 48.5 Å². The first kappa shape index (κ1) is 13.3. The quantitative estimate of drug-likeness (QED) is 0.812. The average molecular weight is 324 g/mol. The SMILES string of the molecule is O=C(Cc1cccc(Cl)c1)Cc1ccccc1Br. The van der Waals surface area contributed by atoms with Crippen LogP contribution in [-0.2, 0) is 17.6 Å². The molecule has 0 N–H and O–H groups in total. The van der Waals surface area contributed by atoms with Gasteiger partial charge >= 0.3 is 0 Å². The summed E-state index contributed by atoms with van der Waals surface area (Å²) >= 11 is 9.34. The van der Waals surface area contributed by atoms with E-state index in [0.29, 0.717) is 17.9 Å². The Labute approximate surface area is 120 Å². The molecule has 0 heterocycles. The van der Waals surface area contributed by atoms with Crippen molar-refractivity contribution in [2.24, 2.45) is 0 Å². The summed E-state index contributed by atoms with van der Waals surface area (Å²) in [6, 6.07) is 15.2. The highest BCUT2D eigenvalue weighted by Crippen LogP contribution is 2.18. The Kier molecular flexibility index (Phi) is 4.56. The smallest absolute Gasteiger partial charge is 0.141 e. The van der Waals surface area contributed by atoms with E-state index in [4.69, 9.17) is 11.6 Å². The van der Waals surface area contributed by atoms with E-state index in [1.165, 1.54) is 0 Å². The molecule has 0 aliphatic rings. The molecule has 2 aromatic rings. The van der Waals surface area contributed by atoms with Gasteiger partial charge in [-0.25, -0.2) is 0 Å². The van der Waals surface area contributed by atoms with Gasteiger partial charge in [0.2, 0.25) is 0 Å². The molecule has 0 aliphatic heterocycles. The molecule has 92 valence electrons. The molecule has 0 atom stereocenters. The minimum Gasteiger partial charge on any atom is -0.299 e. The van der Waals surface area contributed by atoms with Gasteiger partial charge in [0.25, 0.3) is 0 Å². The van der Waals surface area contributed by atoms with Crippen LogP contribution in [-0.4, -0.2) is 5.78 Å². The van der Waals surface area contributed by atoms with Crippen LogP contribution in [0.2, 0.25) is 5.02 Å². The summed E-state index contributed by atoms with van der Waals surface area (Å²) in [6.07, 6.45) is 0.857. The summed E-state index contributed by atoms with van der Waals surface area (Å²) in [4.78, 5) is 12.0. The second kappa shape index (κ2) is 6.17. The third-order valence-electron chi connectivity index (χ3n) is 2.64. The zero-order valence-electron chi connectivity index (χ0n) is 9.70. The molecular formula is C15H12BrClO. The van der Waals surface area contributed by atoms with Crippen molar-refractivity contribution in [3.05, 3.63) is 69.2 Å². The molecule has 0 aliphatic carbocycles. The van der Waals surface area contributed by atoms with Crippen molar-refractivity contribution >= 4 is 33.3 Å². The van der Waals surface area contributed by atoms with Crippen LogP contribution in [0.3, 0.4) is 0 Å². The number of ketones is 1. The van der Waals surface area contributed by atoms with Gasteiger partial charge in [-0.1, -0.05) is 57.9 Å². The summed E-state index contributed by atoms with van der Waals surface area (Å²) < 4.78 is 0.976. The van der Waals surface area contributed by atoms with Crippen LogP contribution in [0.25, 0.3) is 0 Å². The first-order chi connectivity index (χ1) is 8.65. The Morgan fingerprint density at radius 3 is 2.56 bits per heavy atom. The monoisotopic (exact) mass is 322 g/mol. The first-order valence-electron chi connectivity index (χ1n) is 5.65. The van der Waals surface area contributed by atoms with Gasteiger partial charge in [0, 0.05) is 22.3 Å². The second-order valence-corrected chi connectivity index (χ2v) is 5.40. The number of Topliss-reactive ketones (excluding diaryl/α,β-unsaturated/α-hetero) is 1. The molecular weight excluding hydrogens is 312 g/mol. The topological polar surface area (TPSA) is 17.1 Å². The molecule has 0 radical (unpaired) electrons. The lowest BCUT2D eigenvalue weighted by Gasteiger charge is -2.04. The highest BCUT2D eigenvalue weighted by molar-refractivity contribution is 9.10. The third kappa shape index (κ3) is 3.69. The Hall–Kier alpha value is -1.12. The Balaban J connectivity index is 2.03. The number of halogens is 2. The summed E-state index contributed by atoms with van der Waals surface area (Å²) in [5.41, 5.74) is 1.98. The molecule has 0 bridgehead atoms. The molecule has 0 saturated heterocycles. The Morgan fingerprint density at radius 2 is 1.83 bits per heavy atom. The lowest BCUT2D eigenvalue weighted by molar-refractivity contribution is -0.117. The number of carbonyl (C=O) groups is 1. The summed E-state index contributed by atoms with van der Waals surface area (Å²) in [7, 11) is 0. The highest BCUT2D eigenvalue weighted by Gasteiger charge is 2.07. The van der Waals surface area contributed by atoms with Gasteiger partial charge in [0.1, 0.15) is 5.78 Å². The van der Waals surface area contributed by atoms with Crippen molar-refractivity contribution in [3.63, 3.8) is 0 Å². The van der Waals surface area contributed by atoms with E-state index in [2.05, 4.69) is 15.9 Å². The number of hydrogen-bond donors (Lipinski definition) is 0. The largest absolute Gasteiger partial charge is 0.299 e. The summed E-state index contributed by atoms with van der Waals surface area (Å²) in [5, 5.41) is 0.668. The molecule has 1 nitrogen and oxygen atoms in total. The maximum Gasteiger partial charge on any atom is 0.141 e. The van der Waals surface area contributed by atoms with E-state index in [9.17, 15) is 4.79 Å². The number of rotatable bonds is 4. The molecule has 0 unspecified atom stereocenters. The predicted molar refractivity (Wildman–Crippen MR) is 78.0 cm³/mol. The lowest BCUT2D eigenvalue weighted by Crippen LogP contribution is -2.06. The fourth-order valence-corrected chi connectivity index (χ4v) is 2.43. The van der Waals surface area contributed by atoms with Crippen molar-refractivity contribution < 1.29 is 4.79 Å². The van der Waals surface area contributed by atoms with Crippen LogP contribution in [0.1, 0.15) is 11.1 Å². The molecule has 3 heteroatoms. The highest BCUT2D eigenvalue weighted by atomic mass is 79.9. The van der Waals surface area contributed by atoms with Gasteiger partial charge in [-0.15, -0.1) is 0 Å². The van der Waals surface area contributed by atoms with Crippen LogP contribution < -0.4 is 0 Å². The fourth-order valence-electron chi connectivity index (χ4n) is 1.79. The van der Waals surface area contributed by atoms with Crippen molar-refractivity contribution in [1.29, 1.82) is 0 Å². The van der Waals surface area contributed by atoms with E-state index < -0.39 is 0 Å². The molecule has 2 rings (SSSR count). The van der Waals surface area contributed by atoms with E-state index >= 15 is 0 Å². The van der Waals surface area contributed by atoms with Crippen LogP contribution in [0, 0.1) is 0 Å². The van der Waals surface area contributed by atoms with Crippen LogP contribution in [0.4, 0.5) is 0 Å². The molecule has 0 saturated carbocycles. The molecule has 0 spiro atoms. The van der Waals surface area contributed by atoms with Gasteiger partial charge in [-0.05, 0) is 29.3 Å². The Morgan fingerprint density at radius 1 is 1.06 bits per heavy atom. The molecule has 2 aromatic carbocycles. The van der Waals surface area contributed by atoms with Crippen molar-refractivity contribution in [3.8, 4) is 0 Å². The second-order valence-electron chi connectivity index (χ2n) is 4.11. The molecule has 0 fully saturated rings. The van der Waals surface area contributed by atoms with Gasteiger partial charge < -0.3 is 0 Å². The van der Waals surface area contributed by atoms with Gasteiger partial charge in [0.05, 0.1) is 0 Å². The zero-order chi connectivity index (χ0) is 13.0. The van der Waals surface area contributed by atoms with E-state index in [-0.39, 0.29) is 5.78 Å². The summed E-state index contributed by atoms with van der Waals surface area (Å²) in [5.74, 6) is 0.184. The number of benzene rings is 2. The van der Waals surface area contributed by atoms with E-state index in [1.54, 1.807) is 0 Å². The minimum atomic E-state index is 0.184. The van der Waals surface area contributed by atoms with Crippen molar-refractivity contribution in [1.82, 2.24) is 0 Å². The standard InChI is InChI=1S/C15H12BrClO/c16-15-7-2-1-5-12(15)10-14(18)9-11-4-3-6-13(17)8-11/h1-8H,9-10H2. The van der Waals surface area contributed by atoms with Gasteiger partial charge in [-0.2, -0.15) is 0 Å². The number of hydrogen-bond acceptors (Lipinski definition) is 1. The van der Waals surface area contributed by atoms with Crippen LogP contribution in [0.15, 0.2) is 53.0 Å². The average Bonchev–Trinajstić information content (AvgIpc) is 2.32. The molecule has 0 amide bonds. The first-order valence-corrected chi connectivity index (χ1v) is 6.82. The van der Waals surface area contributed by atoms with Crippen LogP contribution >= 0.6 is 27.5 Å². The third-order valence-corrected chi connectivity index (χ3v) is 3.64. The van der Waals surface area contributed by atoms with Crippen LogP contribution in [0.5, 0.6) is 0 Å². The molecule has 0 aromatic heterocycles. The normalized spacial score (nSPS) is 10.3. The van der Waals surface area contributed by atoms with E-state index in [0.717, 1.165) is 15.6 Å². The zero-order valence-corrected chi connectivity index (χ0v) is 12.0. The maximum absolute atomic E-state index is 12.0. The van der Waals surface area contributed by atoms with Crippen molar-refractivity contribution in [2.45, 2.75) is 12.8 Å². The van der Waals surface area contributed by atoms with Crippen molar-refractivity contribution in [2.75, 3.05) is 0 Å². The minimum absolute atomic E-state index is 0.184. The lowest BCUT2D eigenvalue weighted by atomic mass is 10.0.